The van der Waals surface area contributed by atoms with Gasteiger partial charge in [0.25, 0.3) is 0 Å². The molecule has 1 aliphatic heterocycles. The van der Waals surface area contributed by atoms with Crippen molar-refractivity contribution >= 4 is 100 Å². The van der Waals surface area contributed by atoms with Gasteiger partial charge in [0.15, 0.2) is 0 Å². The topological polar surface area (TPSA) is 28.4 Å². The summed E-state index contributed by atoms with van der Waals surface area (Å²) >= 11 is 2.02. The fraction of sp³-hybridized carbons (Fsp3) is 0.440. The third kappa shape index (κ3) is 7.62. The van der Waals surface area contributed by atoms with E-state index in [1.807, 2.05) is 11.3 Å². The molecular formula is C75H85BN2OS. The lowest BCUT2D eigenvalue weighted by molar-refractivity contribution is 0.332. The minimum Gasteiger partial charge on any atom is -0.455 e. The summed E-state index contributed by atoms with van der Waals surface area (Å²) in [6.45, 7) is 41.8. The Labute approximate surface area is 482 Å². The van der Waals surface area contributed by atoms with Crippen molar-refractivity contribution in [1.29, 1.82) is 0 Å². The van der Waals surface area contributed by atoms with Crippen LogP contribution in [0.5, 0.6) is 0 Å². The average molecular weight is 1070 g/mol. The number of benzene rings is 7. The maximum Gasteiger partial charge on any atom is 0.200 e. The van der Waals surface area contributed by atoms with Gasteiger partial charge < -0.3 is 14.6 Å². The number of fused-ring (bicyclic) bond motifs is 13. The fourth-order valence-electron chi connectivity index (χ4n) is 16.1. The Kier molecular flexibility index (Phi) is 10.9. The molecule has 80 heavy (non-hydrogen) atoms. The summed E-state index contributed by atoms with van der Waals surface area (Å²) in [5.74, 6) is 0. The van der Waals surface area contributed by atoms with Crippen LogP contribution in [0.4, 0.5) is 27.8 Å². The minimum absolute atomic E-state index is 0.0395. The van der Waals surface area contributed by atoms with Crippen LogP contribution in [0, 0.1) is 6.92 Å². The average Bonchev–Trinajstić information content (AvgIpc) is 2.47. The van der Waals surface area contributed by atoms with E-state index in [0.29, 0.717) is 0 Å². The SMILES string of the molecule is Cc1cc2c(cc1N1c3sc4cc5c(cc4c3Bc3c(-c4c(Nc6ccc7c(c6)C(C)(C)CCC7(C)C)ccc6c4oc4cc7c(cc46)C(C)(C)CCC7(C)C)cc4ccccc4c31)C(C)(C)CCC5(C)C)C(C)(C)CCC2(C)C. The molecule has 1 N–H and O–H groups in total. The lowest BCUT2D eigenvalue weighted by Crippen LogP contribution is -2.41. The summed E-state index contributed by atoms with van der Waals surface area (Å²) in [6.07, 6.45) is 9.41. The molecule has 0 spiro atoms. The molecular weight excluding hydrogens is 988 g/mol. The van der Waals surface area contributed by atoms with Gasteiger partial charge in [-0.15, -0.1) is 11.3 Å². The molecule has 0 amide bonds. The molecule has 0 atom stereocenters. The second-order valence-electron chi connectivity index (χ2n) is 31.3. The molecule has 14 rings (SSSR count). The first-order valence-corrected chi connectivity index (χ1v) is 31.4. The molecule has 0 radical (unpaired) electrons. The van der Waals surface area contributed by atoms with Gasteiger partial charge in [0.2, 0.25) is 7.28 Å². The number of hydrogen-bond acceptors (Lipinski definition) is 4. The van der Waals surface area contributed by atoms with Crippen molar-refractivity contribution in [2.24, 2.45) is 0 Å². The first-order valence-electron chi connectivity index (χ1n) is 30.5. The van der Waals surface area contributed by atoms with Crippen molar-refractivity contribution in [3.63, 3.8) is 0 Å². The zero-order valence-electron chi connectivity index (χ0n) is 51.4. The van der Waals surface area contributed by atoms with Gasteiger partial charge in [0.1, 0.15) is 11.2 Å². The lowest BCUT2D eigenvalue weighted by atomic mass is 9.57. The molecule has 0 bridgehead atoms. The van der Waals surface area contributed by atoms with Crippen LogP contribution in [-0.4, -0.2) is 7.28 Å². The van der Waals surface area contributed by atoms with Gasteiger partial charge in [0, 0.05) is 37.8 Å². The van der Waals surface area contributed by atoms with E-state index >= 15 is 0 Å². The molecule has 3 heterocycles. The maximum atomic E-state index is 7.61. The van der Waals surface area contributed by atoms with E-state index in [0.717, 1.165) is 41.8 Å². The van der Waals surface area contributed by atoms with Crippen LogP contribution in [-0.2, 0) is 43.3 Å². The summed E-state index contributed by atoms with van der Waals surface area (Å²) in [5, 5.41) is 11.9. The molecule has 0 saturated heterocycles. The Morgan fingerprint density at radius 2 is 0.975 bits per heavy atom. The zero-order chi connectivity index (χ0) is 56.4. The van der Waals surface area contributed by atoms with E-state index < -0.39 is 0 Å². The van der Waals surface area contributed by atoms with Crippen molar-refractivity contribution in [3.05, 3.63) is 147 Å². The normalized spacial score (nSPS) is 21.0. The third-order valence-electron chi connectivity index (χ3n) is 22.1. The van der Waals surface area contributed by atoms with Crippen molar-refractivity contribution in [2.45, 2.75) is 212 Å². The van der Waals surface area contributed by atoms with Gasteiger partial charge in [-0.2, -0.15) is 0 Å². The van der Waals surface area contributed by atoms with Crippen molar-refractivity contribution in [2.75, 3.05) is 10.2 Å². The lowest BCUT2D eigenvalue weighted by Gasteiger charge is -2.43. The second-order valence-corrected chi connectivity index (χ2v) is 32.3. The van der Waals surface area contributed by atoms with Crippen LogP contribution in [0.25, 0.3) is 53.9 Å². The zero-order valence-corrected chi connectivity index (χ0v) is 52.2. The number of thiophene rings is 1. The summed E-state index contributed by atoms with van der Waals surface area (Å²) in [4.78, 5) is 2.77. The Morgan fingerprint density at radius 3 is 1.59 bits per heavy atom. The van der Waals surface area contributed by atoms with Crippen molar-refractivity contribution in [1.82, 2.24) is 0 Å². The van der Waals surface area contributed by atoms with Gasteiger partial charge >= 0.3 is 0 Å². The number of aryl methyl sites for hydroxylation is 1. The summed E-state index contributed by atoms with van der Waals surface area (Å²) in [5.41, 5.74) is 25.7. The van der Waals surface area contributed by atoms with Gasteiger partial charge in [-0.05, 0) is 240 Å². The smallest absolute Gasteiger partial charge is 0.200 e. The fourth-order valence-corrected chi connectivity index (χ4v) is 17.4. The van der Waals surface area contributed by atoms with Crippen LogP contribution in [0.1, 0.15) is 212 Å². The molecule has 410 valence electrons. The molecule has 2 aromatic heterocycles. The van der Waals surface area contributed by atoms with Crippen LogP contribution in [0.15, 0.2) is 101 Å². The highest BCUT2D eigenvalue weighted by molar-refractivity contribution is 7.25. The molecule has 4 aliphatic carbocycles. The molecule has 7 aromatic carbocycles. The first-order chi connectivity index (χ1) is 37.5. The molecule has 0 fully saturated rings. The van der Waals surface area contributed by atoms with E-state index in [9.17, 15) is 0 Å². The van der Waals surface area contributed by atoms with Gasteiger partial charge in [0.05, 0.1) is 16.4 Å². The van der Waals surface area contributed by atoms with Crippen LogP contribution < -0.4 is 21.1 Å². The van der Waals surface area contributed by atoms with Crippen molar-refractivity contribution in [3.8, 4) is 11.1 Å². The Balaban J connectivity index is 1.10. The predicted octanol–water partition coefficient (Wildman–Crippen LogP) is 20.2. The van der Waals surface area contributed by atoms with Crippen molar-refractivity contribution < 1.29 is 4.42 Å². The number of anilines is 5. The van der Waals surface area contributed by atoms with E-state index in [1.165, 1.54) is 160 Å². The molecule has 0 unspecified atom stereocenters. The number of nitrogens with zero attached hydrogens (tertiary/aromatic N) is 1. The quantitative estimate of drug-likeness (QED) is 0.178. The molecule has 3 nitrogen and oxygen atoms in total. The predicted molar refractivity (Wildman–Crippen MR) is 349 cm³/mol. The van der Waals surface area contributed by atoms with E-state index in [-0.39, 0.29) is 43.3 Å². The van der Waals surface area contributed by atoms with Gasteiger partial charge in [-0.1, -0.05) is 147 Å². The highest BCUT2D eigenvalue weighted by Gasteiger charge is 2.44. The third-order valence-corrected chi connectivity index (χ3v) is 23.3. The van der Waals surface area contributed by atoms with Crippen LogP contribution >= 0.6 is 11.3 Å². The van der Waals surface area contributed by atoms with Crippen LogP contribution in [0.2, 0.25) is 0 Å². The molecule has 5 aliphatic rings. The standard InChI is InChI=1S/C75H85BN2OS/c1-42-34-51-55(73(12,13)31-28-69(51,4)5)39-59(42)78-65-45-21-19-18-20-43(45)35-49(63(65)76-64-48-38-54-57(41-61(48)80-67(64)78)75(16,17)33-30-72(54,10)11)62-58(77-44-22-24-50-52(36-44)70(6,7)27-26-68(50,2)3)25-23-46-47-37-53-56(40-60(47)79-66(46)62)74(14,15)32-29-71(53,8)9/h18-25,34-41,76-77H,26-33H2,1-17H3. The highest BCUT2D eigenvalue weighted by atomic mass is 32.1. The van der Waals surface area contributed by atoms with Gasteiger partial charge in [-0.25, -0.2) is 0 Å². The Hall–Kier alpha value is -5.78. The van der Waals surface area contributed by atoms with E-state index in [1.54, 1.807) is 0 Å². The van der Waals surface area contributed by atoms with E-state index in [4.69, 9.17) is 4.42 Å². The number of nitrogens with one attached hydrogen (secondary N) is 1. The largest absolute Gasteiger partial charge is 0.455 e. The summed E-state index contributed by atoms with van der Waals surface area (Å²) < 4.78 is 9.01. The number of furan rings is 1. The molecule has 5 heteroatoms. The second kappa shape index (κ2) is 16.7. The number of hydrogen-bond donors (Lipinski definition) is 1. The van der Waals surface area contributed by atoms with Crippen LogP contribution in [0.3, 0.4) is 0 Å². The maximum absolute atomic E-state index is 7.61. The highest BCUT2D eigenvalue weighted by Crippen LogP contribution is 2.56. The molecule has 0 saturated carbocycles. The monoisotopic (exact) mass is 1070 g/mol. The van der Waals surface area contributed by atoms with Gasteiger partial charge in [-0.3, -0.25) is 0 Å². The Morgan fingerprint density at radius 1 is 0.463 bits per heavy atom. The van der Waals surface area contributed by atoms with E-state index in [2.05, 4.69) is 225 Å². The first kappa shape index (κ1) is 52.3. The minimum atomic E-state index is 0.0395. The number of rotatable bonds is 4. The summed E-state index contributed by atoms with van der Waals surface area (Å²) in [7, 11) is 0.807. The molecule has 9 aromatic rings. The summed E-state index contributed by atoms with van der Waals surface area (Å²) in [6, 6.07) is 39.3. The Bertz CT molecular complexity index is 4160.